The number of nitrogens with zero attached hydrogens (tertiary/aromatic N) is 2. The van der Waals surface area contributed by atoms with Gasteiger partial charge in [-0.1, -0.05) is 6.07 Å². The molecule has 0 fully saturated rings. The highest BCUT2D eigenvalue weighted by Gasteiger charge is 2.05. The van der Waals surface area contributed by atoms with Crippen LogP contribution >= 0.6 is 0 Å². The van der Waals surface area contributed by atoms with Gasteiger partial charge in [-0.15, -0.1) is 0 Å². The number of benzene rings is 1. The highest BCUT2D eigenvalue weighted by atomic mass is 19.1. The average molecular weight is 227 g/mol. The topological polar surface area (TPSA) is 41.6 Å². The van der Waals surface area contributed by atoms with Crippen molar-refractivity contribution in [1.29, 1.82) is 0 Å². The minimum absolute atomic E-state index is 0.256. The summed E-state index contributed by atoms with van der Waals surface area (Å²) in [5, 5.41) is 0.525. The molecule has 0 saturated carbocycles. The molecule has 3 aromatic rings. The Bertz CT molecular complexity index is 688. The molecular weight excluding hydrogens is 217 g/mol. The van der Waals surface area contributed by atoms with E-state index in [1.807, 2.05) is 6.92 Å². The van der Waals surface area contributed by atoms with Crippen LogP contribution in [0.2, 0.25) is 0 Å². The number of halogens is 1. The molecule has 3 nitrogen and oxygen atoms in total. The van der Waals surface area contributed by atoms with Crippen molar-refractivity contribution < 1.29 is 4.39 Å². The number of aryl methyl sites for hydroxylation is 1. The van der Waals surface area contributed by atoms with Crippen LogP contribution in [-0.4, -0.2) is 15.0 Å². The van der Waals surface area contributed by atoms with Gasteiger partial charge in [-0.05, 0) is 25.1 Å². The van der Waals surface area contributed by atoms with E-state index in [2.05, 4.69) is 15.0 Å². The average Bonchev–Trinajstić information content (AvgIpc) is 2.76. The van der Waals surface area contributed by atoms with Gasteiger partial charge in [0.1, 0.15) is 11.6 Å². The molecule has 4 heteroatoms. The van der Waals surface area contributed by atoms with Crippen molar-refractivity contribution in [2.45, 2.75) is 6.92 Å². The summed E-state index contributed by atoms with van der Waals surface area (Å²) in [5.41, 5.74) is 2.34. The van der Waals surface area contributed by atoms with Gasteiger partial charge in [0, 0.05) is 17.1 Å². The van der Waals surface area contributed by atoms with E-state index in [0.717, 1.165) is 17.1 Å². The molecule has 0 amide bonds. The second kappa shape index (κ2) is 3.66. The van der Waals surface area contributed by atoms with Gasteiger partial charge in [0.25, 0.3) is 0 Å². The molecular formula is C13H10FN3. The van der Waals surface area contributed by atoms with E-state index in [1.54, 1.807) is 30.6 Å². The van der Waals surface area contributed by atoms with E-state index < -0.39 is 0 Å². The molecule has 0 aliphatic carbocycles. The number of pyridine rings is 1. The monoisotopic (exact) mass is 227 g/mol. The Labute approximate surface area is 97.3 Å². The van der Waals surface area contributed by atoms with E-state index in [0.29, 0.717) is 10.9 Å². The zero-order valence-electron chi connectivity index (χ0n) is 9.24. The van der Waals surface area contributed by atoms with Crippen LogP contribution in [0, 0.1) is 12.7 Å². The quantitative estimate of drug-likeness (QED) is 0.694. The summed E-state index contributed by atoms with van der Waals surface area (Å²) in [5.74, 6) is 0.571. The molecule has 84 valence electrons. The normalized spacial score (nSPS) is 10.9. The third-order valence-corrected chi connectivity index (χ3v) is 2.69. The lowest BCUT2D eigenvalue weighted by atomic mass is 10.1. The Balaban J connectivity index is 2.22. The van der Waals surface area contributed by atoms with Gasteiger partial charge in [-0.2, -0.15) is 0 Å². The summed E-state index contributed by atoms with van der Waals surface area (Å²) in [6, 6.07) is 6.67. The second-order valence-corrected chi connectivity index (χ2v) is 3.91. The van der Waals surface area contributed by atoms with Crippen LogP contribution in [0.5, 0.6) is 0 Å². The van der Waals surface area contributed by atoms with E-state index in [1.165, 1.54) is 6.07 Å². The number of aromatic amines is 1. The Morgan fingerprint density at radius 2 is 2.06 bits per heavy atom. The molecule has 0 bridgehead atoms. The zero-order valence-corrected chi connectivity index (χ0v) is 9.24. The first-order chi connectivity index (χ1) is 8.24. The number of nitrogens with one attached hydrogen (secondary N) is 1. The molecule has 17 heavy (non-hydrogen) atoms. The molecule has 0 unspecified atom stereocenters. The lowest BCUT2D eigenvalue weighted by Crippen LogP contribution is -1.86. The fourth-order valence-electron chi connectivity index (χ4n) is 1.83. The molecule has 3 rings (SSSR count). The van der Waals surface area contributed by atoms with Gasteiger partial charge in [0.05, 0.1) is 17.4 Å². The first kappa shape index (κ1) is 9.96. The van der Waals surface area contributed by atoms with Crippen molar-refractivity contribution in [3.8, 4) is 11.3 Å². The summed E-state index contributed by atoms with van der Waals surface area (Å²) in [6.45, 7) is 1.87. The predicted octanol–water partition coefficient (Wildman–Crippen LogP) is 3.07. The first-order valence-corrected chi connectivity index (χ1v) is 5.30. The Kier molecular flexibility index (Phi) is 2.14. The van der Waals surface area contributed by atoms with Crippen LogP contribution < -0.4 is 0 Å². The number of aromatic nitrogens is 3. The van der Waals surface area contributed by atoms with Crippen molar-refractivity contribution in [3.63, 3.8) is 0 Å². The van der Waals surface area contributed by atoms with Gasteiger partial charge in [-0.25, -0.2) is 9.37 Å². The van der Waals surface area contributed by atoms with Crippen LogP contribution in [0.25, 0.3) is 22.2 Å². The molecule has 2 heterocycles. The lowest BCUT2D eigenvalue weighted by molar-refractivity contribution is 0.639. The molecule has 1 N–H and O–H groups in total. The van der Waals surface area contributed by atoms with Gasteiger partial charge < -0.3 is 4.98 Å². The maximum absolute atomic E-state index is 13.6. The van der Waals surface area contributed by atoms with Gasteiger partial charge in [0.15, 0.2) is 0 Å². The Morgan fingerprint density at radius 3 is 2.82 bits per heavy atom. The maximum atomic E-state index is 13.6. The minimum Gasteiger partial charge on any atom is -0.342 e. The molecule has 0 radical (unpaired) electrons. The minimum atomic E-state index is -0.256. The van der Waals surface area contributed by atoms with Gasteiger partial charge in [0.2, 0.25) is 0 Å². The van der Waals surface area contributed by atoms with Crippen LogP contribution in [0.3, 0.4) is 0 Å². The summed E-state index contributed by atoms with van der Waals surface area (Å²) in [7, 11) is 0. The molecule has 0 saturated heterocycles. The van der Waals surface area contributed by atoms with Crippen molar-refractivity contribution >= 4 is 10.9 Å². The molecule has 1 aromatic carbocycles. The fourth-order valence-corrected chi connectivity index (χ4v) is 1.83. The van der Waals surface area contributed by atoms with E-state index in [9.17, 15) is 4.39 Å². The van der Waals surface area contributed by atoms with Crippen molar-refractivity contribution in [2.75, 3.05) is 0 Å². The van der Waals surface area contributed by atoms with Crippen LogP contribution in [0.1, 0.15) is 5.82 Å². The standard InChI is InChI=1S/C13H10FN3/c1-8-15-7-13(17-8)9-5-10-11(14)3-2-4-12(10)16-6-9/h2-7H,1H3,(H,15,17). The van der Waals surface area contributed by atoms with Crippen LogP contribution in [0.4, 0.5) is 4.39 Å². The van der Waals surface area contributed by atoms with Crippen LogP contribution in [-0.2, 0) is 0 Å². The number of rotatable bonds is 1. The van der Waals surface area contributed by atoms with Crippen molar-refractivity contribution in [3.05, 3.63) is 48.3 Å². The van der Waals surface area contributed by atoms with Crippen molar-refractivity contribution in [2.24, 2.45) is 0 Å². The van der Waals surface area contributed by atoms with Crippen molar-refractivity contribution in [1.82, 2.24) is 15.0 Å². The summed E-state index contributed by atoms with van der Waals surface area (Å²) in [4.78, 5) is 11.5. The largest absolute Gasteiger partial charge is 0.342 e. The van der Waals surface area contributed by atoms with E-state index in [-0.39, 0.29) is 5.82 Å². The maximum Gasteiger partial charge on any atom is 0.132 e. The Morgan fingerprint density at radius 1 is 1.18 bits per heavy atom. The number of fused-ring (bicyclic) bond motifs is 1. The number of hydrogen-bond donors (Lipinski definition) is 1. The van der Waals surface area contributed by atoms with Gasteiger partial charge in [-0.3, -0.25) is 4.98 Å². The second-order valence-electron chi connectivity index (χ2n) is 3.91. The van der Waals surface area contributed by atoms with Gasteiger partial charge >= 0.3 is 0 Å². The molecule has 0 aliphatic heterocycles. The molecule has 2 aromatic heterocycles. The number of H-pyrrole nitrogens is 1. The highest BCUT2D eigenvalue weighted by Crippen LogP contribution is 2.22. The van der Waals surface area contributed by atoms with E-state index >= 15 is 0 Å². The number of imidazole rings is 1. The third-order valence-electron chi connectivity index (χ3n) is 2.69. The lowest BCUT2D eigenvalue weighted by Gasteiger charge is -2.01. The third kappa shape index (κ3) is 1.67. The predicted molar refractivity (Wildman–Crippen MR) is 64.0 cm³/mol. The summed E-state index contributed by atoms with van der Waals surface area (Å²) >= 11 is 0. The molecule has 0 atom stereocenters. The highest BCUT2D eigenvalue weighted by molar-refractivity contribution is 5.83. The SMILES string of the molecule is Cc1ncc(-c2cnc3cccc(F)c3c2)[nH]1. The molecule has 0 spiro atoms. The zero-order chi connectivity index (χ0) is 11.8. The van der Waals surface area contributed by atoms with E-state index in [4.69, 9.17) is 0 Å². The fraction of sp³-hybridized carbons (Fsp3) is 0.0769. The van der Waals surface area contributed by atoms with Crippen LogP contribution in [0.15, 0.2) is 36.7 Å². The number of hydrogen-bond acceptors (Lipinski definition) is 2. The Hall–Kier alpha value is -2.23. The smallest absolute Gasteiger partial charge is 0.132 e. The summed E-state index contributed by atoms with van der Waals surface area (Å²) in [6.07, 6.45) is 3.44. The summed E-state index contributed by atoms with van der Waals surface area (Å²) < 4.78 is 13.6. The first-order valence-electron chi connectivity index (χ1n) is 5.30. The molecule has 0 aliphatic rings.